The van der Waals surface area contributed by atoms with Crippen molar-refractivity contribution in [3.8, 4) is 10.7 Å². The molecule has 0 radical (unpaired) electrons. The third-order valence-electron chi connectivity index (χ3n) is 4.53. The number of carbonyl (C=O) groups is 2. The molecule has 10 heteroatoms. The van der Waals surface area contributed by atoms with Crippen molar-refractivity contribution >= 4 is 23.3 Å². The fourth-order valence-electron chi connectivity index (χ4n) is 3.07. The molecule has 0 unspecified atom stereocenters. The van der Waals surface area contributed by atoms with Crippen LogP contribution in [0.4, 0.5) is 4.79 Å². The lowest BCUT2D eigenvalue weighted by molar-refractivity contribution is -0.133. The zero-order valence-electron chi connectivity index (χ0n) is 17.7. The summed E-state index contributed by atoms with van der Waals surface area (Å²) in [6.45, 7) is 9.32. The summed E-state index contributed by atoms with van der Waals surface area (Å²) in [4.78, 5) is 33.5. The van der Waals surface area contributed by atoms with Crippen molar-refractivity contribution in [2.24, 2.45) is 0 Å². The Kier molecular flexibility index (Phi) is 7.43. The van der Waals surface area contributed by atoms with Gasteiger partial charge in [-0.1, -0.05) is 11.2 Å². The van der Waals surface area contributed by atoms with Crippen molar-refractivity contribution in [1.82, 2.24) is 25.3 Å². The predicted octanol–water partition coefficient (Wildman–Crippen LogP) is 2.75. The van der Waals surface area contributed by atoms with E-state index in [2.05, 4.69) is 20.4 Å². The number of nitrogens with zero attached hydrogens (tertiary/aromatic N) is 4. The Bertz CT molecular complexity index is 823. The molecule has 3 rings (SSSR count). The highest BCUT2D eigenvalue weighted by atomic mass is 32.1. The van der Waals surface area contributed by atoms with E-state index in [1.165, 1.54) is 0 Å². The van der Waals surface area contributed by atoms with E-state index < -0.39 is 11.7 Å². The number of rotatable bonds is 7. The Morgan fingerprint density at radius 3 is 2.70 bits per heavy atom. The summed E-state index contributed by atoms with van der Waals surface area (Å²) in [5.74, 6) is 1.32. The minimum absolute atomic E-state index is 0.110. The second kappa shape index (κ2) is 10.0. The molecule has 9 nitrogen and oxygen atoms in total. The van der Waals surface area contributed by atoms with Crippen LogP contribution < -0.4 is 5.32 Å². The third kappa shape index (κ3) is 6.81. The van der Waals surface area contributed by atoms with Crippen LogP contribution in [0.1, 0.15) is 39.5 Å². The van der Waals surface area contributed by atoms with Crippen molar-refractivity contribution in [3.63, 3.8) is 0 Å². The first-order valence-electron chi connectivity index (χ1n) is 10.1. The van der Waals surface area contributed by atoms with E-state index in [1.54, 1.807) is 11.3 Å². The van der Waals surface area contributed by atoms with Crippen LogP contribution in [0, 0.1) is 0 Å². The van der Waals surface area contributed by atoms with Crippen molar-refractivity contribution in [3.05, 3.63) is 23.4 Å². The van der Waals surface area contributed by atoms with Crippen LogP contribution in [-0.2, 0) is 16.1 Å². The van der Waals surface area contributed by atoms with Crippen LogP contribution in [0.3, 0.4) is 0 Å². The van der Waals surface area contributed by atoms with E-state index in [0.29, 0.717) is 50.7 Å². The molecule has 30 heavy (non-hydrogen) atoms. The Morgan fingerprint density at radius 2 is 2.03 bits per heavy atom. The number of hydrogen-bond donors (Lipinski definition) is 1. The molecule has 0 saturated carbocycles. The number of aromatic nitrogens is 2. The quantitative estimate of drug-likeness (QED) is 0.667. The summed E-state index contributed by atoms with van der Waals surface area (Å²) in [5, 5.41) is 8.70. The number of nitrogens with one attached hydrogen (secondary N) is 1. The number of ether oxygens (including phenoxy) is 1. The normalized spacial score (nSPS) is 15.2. The lowest BCUT2D eigenvalue weighted by atomic mass is 10.2. The van der Waals surface area contributed by atoms with Gasteiger partial charge in [0.05, 0.1) is 11.4 Å². The standard InChI is InChI=1S/C20H29N5O4S/c1-20(2,3)28-19(27)21-8-4-7-17(26)25-11-9-24(10-12-25)14-16-22-18(23-29-16)15-6-5-13-30-15/h5-6,13H,4,7-12,14H2,1-3H3,(H,21,27). The molecule has 1 N–H and O–H groups in total. The molecule has 2 aromatic rings. The molecule has 1 fully saturated rings. The van der Waals surface area contributed by atoms with E-state index >= 15 is 0 Å². The zero-order chi connectivity index (χ0) is 21.6. The maximum absolute atomic E-state index is 12.4. The number of thiophene rings is 1. The Balaban J connectivity index is 1.33. The highest BCUT2D eigenvalue weighted by Gasteiger charge is 2.23. The fourth-order valence-corrected chi connectivity index (χ4v) is 3.72. The second-order valence-corrected chi connectivity index (χ2v) is 9.13. The highest BCUT2D eigenvalue weighted by molar-refractivity contribution is 7.13. The smallest absolute Gasteiger partial charge is 0.407 e. The van der Waals surface area contributed by atoms with Crippen LogP contribution in [0.5, 0.6) is 0 Å². The van der Waals surface area contributed by atoms with E-state index in [9.17, 15) is 9.59 Å². The summed E-state index contributed by atoms with van der Waals surface area (Å²) in [7, 11) is 0. The van der Waals surface area contributed by atoms with Crippen molar-refractivity contribution in [2.75, 3.05) is 32.7 Å². The van der Waals surface area contributed by atoms with Gasteiger partial charge in [-0.25, -0.2) is 4.79 Å². The first kappa shape index (κ1) is 22.2. The zero-order valence-corrected chi connectivity index (χ0v) is 18.5. The average Bonchev–Trinajstić information content (AvgIpc) is 3.36. The molecular weight excluding hydrogens is 406 g/mol. The van der Waals surface area contributed by atoms with Gasteiger partial charge < -0.3 is 19.5 Å². The van der Waals surface area contributed by atoms with Crippen LogP contribution in [0.25, 0.3) is 10.7 Å². The van der Waals surface area contributed by atoms with E-state index in [-0.39, 0.29) is 5.91 Å². The molecule has 3 heterocycles. The monoisotopic (exact) mass is 435 g/mol. The van der Waals surface area contributed by atoms with E-state index in [0.717, 1.165) is 18.0 Å². The second-order valence-electron chi connectivity index (χ2n) is 8.18. The van der Waals surface area contributed by atoms with Gasteiger partial charge in [0.25, 0.3) is 0 Å². The van der Waals surface area contributed by atoms with Gasteiger partial charge in [-0.15, -0.1) is 11.3 Å². The maximum Gasteiger partial charge on any atom is 0.407 e. The van der Waals surface area contributed by atoms with Gasteiger partial charge in [0, 0.05) is 39.1 Å². The topological polar surface area (TPSA) is 101 Å². The van der Waals surface area contributed by atoms with Gasteiger partial charge in [0.1, 0.15) is 5.60 Å². The van der Waals surface area contributed by atoms with Crippen molar-refractivity contribution in [2.45, 2.75) is 45.8 Å². The molecule has 164 valence electrons. The number of alkyl carbamates (subject to hydrolysis) is 1. The minimum atomic E-state index is -0.521. The summed E-state index contributed by atoms with van der Waals surface area (Å²) < 4.78 is 10.5. The van der Waals surface area contributed by atoms with Gasteiger partial charge in [0.15, 0.2) is 0 Å². The Morgan fingerprint density at radius 1 is 1.27 bits per heavy atom. The van der Waals surface area contributed by atoms with Crippen molar-refractivity contribution in [1.29, 1.82) is 0 Å². The molecule has 2 aromatic heterocycles. The predicted molar refractivity (Wildman–Crippen MR) is 113 cm³/mol. The molecule has 2 amide bonds. The third-order valence-corrected chi connectivity index (χ3v) is 5.39. The largest absolute Gasteiger partial charge is 0.444 e. The van der Waals surface area contributed by atoms with Crippen molar-refractivity contribution < 1.29 is 18.8 Å². The molecule has 0 aliphatic carbocycles. The summed E-state index contributed by atoms with van der Waals surface area (Å²) >= 11 is 1.58. The molecule has 0 aromatic carbocycles. The Labute approximate surface area is 180 Å². The first-order chi connectivity index (χ1) is 14.3. The van der Waals surface area contributed by atoms with Crippen LogP contribution >= 0.6 is 11.3 Å². The van der Waals surface area contributed by atoms with Gasteiger partial charge >= 0.3 is 6.09 Å². The average molecular weight is 436 g/mol. The lowest BCUT2D eigenvalue weighted by Gasteiger charge is -2.34. The van der Waals surface area contributed by atoms with Crippen LogP contribution in [0.15, 0.2) is 22.0 Å². The highest BCUT2D eigenvalue weighted by Crippen LogP contribution is 2.21. The summed E-state index contributed by atoms with van der Waals surface area (Å²) in [6.07, 6.45) is 0.543. The van der Waals surface area contributed by atoms with Gasteiger partial charge in [-0.3, -0.25) is 9.69 Å². The molecule has 0 spiro atoms. The van der Waals surface area contributed by atoms with Crippen LogP contribution in [-0.4, -0.2) is 70.3 Å². The lowest BCUT2D eigenvalue weighted by Crippen LogP contribution is -2.48. The molecule has 0 bridgehead atoms. The van der Waals surface area contributed by atoms with Gasteiger partial charge in [-0.2, -0.15) is 4.98 Å². The number of hydrogen-bond acceptors (Lipinski definition) is 8. The number of piperazine rings is 1. The molecule has 1 saturated heterocycles. The minimum Gasteiger partial charge on any atom is -0.444 e. The Hall–Kier alpha value is -2.46. The summed E-state index contributed by atoms with van der Waals surface area (Å²) in [5.41, 5.74) is -0.521. The number of amides is 2. The van der Waals surface area contributed by atoms with E-state index in [4.69, 9.17) is 9.26 Å². The van der Waals surface area contributed by atoms with E-state index in [1.807, 2.05) is 43.2 Å². The molecule has 0 atom stereocenters. The molecular formula is C20H29N5O4S. The summed E-state index contributed by atoms with van der Waals surface area (Å²) in [6, 6.07) is 3.92. The molecule has 1 aliphatic heterocycles. The molecule has 1 aliphatic rings. The van der Waals surface area contributed by atoms with Gasteiger partial charge in [0.2, 0.25) is 17.6 Å². The van der Waals surface area contributed by atoms with Gasteiger partial charge in [-0.05, 0) is 38.6 Å². The SMILES string of the molecule is CC(C)(C)OC(=O)NCCCC(=O)N1CCN(Cc2nc(-c3cccs3)no2)CC1. The first-order valence-corrected chi connectivity index (χ1v) is 11.0. The number of carbonyl (C=O) groups excluding carboxylic acids is 2. The fraction of sp³-hybridized carbons (Fsp3) is 0.600. The maximum atomic E-state index is 12.4. The van der Waals surface area contributed by atoms with Crippen LogP contribution in [0.2, 0.25) is 0 Å².